The summed E-state index contributed by atoms with van der Waals surface area (Å²) < 4.78 is 37.6. The lowest BCUT2D eigenvalue weighted by Gasteiger charge is -2.18. The maximum absolute atomic E-state index is 12.5. The van der Waals surface area contributed by atoms with E-state index in [0.717, 1.165) is 12.1 Å². The van der Waals surface area contributed by atoms with Gasteiger partial charge in [0.25, 0.3) is 0 Å². The van der Waals surface area contributed by atoms with Gasteiger partial charge in [-0.05, 0) is 31.5 Å². The van der Waals surface area contributed by atoms with Gasteiger partial charge in [0.05, 0.1) is 11.0 Å². The van der Waals surface area contributed by atoms with Crippen molar-refractivity contribution < 1.29 is 27.9 Å². The van der Waals surface area contributed by atoms with Crippen LogP contribution in [0, 0.1) is 5.41 Å². The molecule has 0 aliphatic rings. The summed E-state index contributed by atoms with van der Waals surface area (Å²) in [5.41, 5.74) is -1.72. The Morgan fingerprint density at radius 2 is 1.86 bits per heavy atom. The van der Waals surface area contributed by atoms with E-state index in [4.69, 9.17) is 5.11 Å². The van der Waals surface area contributed by atoms with Crippen molar-refractivity contribution in [2.24, 2.45) is 5.41 Å². The van der Waals surface area contributed by atoms with Crippen LogP contribution in [0.2, 0.25) is 0 Å². The number of benzene rings is 1. The van der Waals surface area contributed by atoms with Gasteiger partial charge in [-0.25, -0.2) is 0 Å². The third-order valence-corrected chi connectivity index (χ3v) is 2.93. The van der Waals surface area contributed by atoms with Gasteiger partial charge in [-0.1, -0.05) is 12.1 Å². The van der Waals surface area contributed by atoms with E-state index in [-0.39, 0.29) is 13.0 Å². The highest BCUT2D eigenvalue weighted by Crippen LogP contribution is 2.29. The Bertz CT molecular complexity index is 539. The number of alkyl halides is 3. The number of halogens is 3. The second kappa shape index (κ2) is 6.15. The number of hydrogen-bond donors (Lipinski definition) is 2. The average molecular weight is 303 g/mol. The van der Waals surface area contributed by atoms with Crippen molar-refractivity contribution in [2.75, 3.05) is 0 Å². The molecule has 0 unspecified atom stereocenters. The minimum Gasteiger partial charge on any atom is -0.481 e. The van der Waals surface area contributed by atoms with Crippen LogP contribution in [0.3, 0.4) is 0 Å². The van der Waals surface area contributed by atoms with E-state index in [1.807, 2.05) is 0 Å². The minimum absolute atomic E-state index is 0.0849. The molecule has 0 aliphatic carbocycles. The molecule has 1 aromatic carbocycles. The van der Waals surface area contributed by atoms with Crippen molar-refractivity contribution >= 4 is 11.9 Å². The second-order valence-electron chi connectivity index (χ2n) is 5.34. The van der Waals surface area contributed by atoms with Crippen molar-refractivity contribution in [3.05, 3.63) is 35.4 Å². The van der Waals surface area contributed by atoms with E-state index >= 15 is 0 Å². The lowest BCUT2D eigenvalue weighted by molar-refractivity contribution is -0.149. The van der Waals surface area contributed by atoms with Crippen LogP contribution in [0.1, 0.15) is 31.4 Å². The Labute approximate surface area is 120 Å². The number of rotatable bonds is 5. The number of nitrogens with one attached hydrogen (secondary N) is 1. The van der Waals surface area contributed by atoms with Gasteiger partial charge in [0, 0.05) is 13.0 Å². The summed E-state index contributed by atoms with van der Waals surface area (Å²) in [7, 11) is 0. The van der Waals surface area contributed by atoms with Gasteiger partial charge >= 0.3 is 12.1 Å². The zero-order chi connectivity index (χ0) is 16.3. The molecule has 0 saturated carbocycles. The van der Waals surface area contributed by atoms with E-state index < -0.39 is 29.0 Å². The highest BCUT2D eigenvalue weighted by atomic mass is 19.4. The summed E-state index contributed by atoms with van der Waals surface area (Å²) >= 11 is 0. The van der Waals surface area contributed by atoms with Crippen LogP contribution in [-0.4, -0.2) is 17.0 Å². The molecule has 0 fully saturated rings. The summed E-state index contributed by atoms with van der Waals surface area (Å²) in [6.45, 7) is 2.72. The average Bonchev–Trinajstić information content (AvgIpc) is 2.35. The minimum atomic E-state index is -4.44. The fourth-order valence-corrected chi connectivity index (χ4v) is 1.60. The van der Waals surface area contributed by atoms with Crippen LogP contribution in [-0.2, 0) is 22.3 Å². The van der Waals surface area contributed by atoms with E-state index in [0.29, 0.717) is 5.56 Å². The monoisotopic (exact) mass is 303 g/mol. The van der Waals surface area contributed by atoms with Crippen LogP contribution in [0.5, 0.6) is 0 Å². The molecule has 0 radical (unpaired) electrons. The Balaban J connectivity index is 2.64. The van der Waals surface area contributed by atoms with Crippen molar-refractivity contribution in [1.29, 1.82) is 0 Å². The summed E-state index contributed by atoms with van der Waals surface area (Å²) in [6.07, 6.45) is -4.69. The van der Waals surface area contributed by atoms with Gasteiger partial charge in [-0.2, -0.15) is 13.2 Å². The zero-order valence-corrected chi connectivity index (χ0v) is 11.6. The molecule has 1 aromatic rings. The summed E-state index contributed by atoms with van der Waals surface area (Å²) in [5.74, 6) is -1.64. The first-order chi connectivity index (χ1) is 9.52. The Hall–Kier alpha value is -2.05. The highest BCUT2D eigenvalue weighted by Gasteiger charge is 2.31. The standard InChI is InChI=1S/C14H16F3NO3/c1-13(2,12(20)21)7-11(19)18-8-9-4-3-5-10(6-9)14(15,16)17/h3-6H,7-8H2,1-2H3,(H,18,19)(H,20,21). The van der Waals surface area contributed by atoms with E-state index in [2.05, 4.69) is 5.32 Å². The maximum Gasteiger partial charge on any atom is 0.416 e. The molecule has 21 heavy (non-hydrogen) atoms. The number of carbonyl (C=O) groups is 2. The van der Waals surface area contributed by atoms with Gasteiger partial charge in [0.1, 0.15) is 0 Å². The van der Waals surface area contributed by atoms with Crippen molar-refractivity contribution in [3.8, 4) is 0 Å². The Morgan fingerprint density at radius 3 is 2.38 bits per heavy atom. The number of hydrogen-bond acceptors (Lipinski definition) is 2. The molecule has 0 saturated heterocycles. The molecule has 0 heterocycles. The first-order valence-corrected chi connectivity index (χ1v) is 6.18. The lowest BCUT2D eigenvalue weighted by Crippen LogP contribution is -2.33. The topological polar surface area (TPSA) is 66.4 Å². The summed E-state index contributed by atoms with van der Waals surface area (Å²) in [6, 6.07) is 4.60. The van der Waals surface area contributed by atoms with E-state index in [1.165, 1.54) is 26.0 Å². The molecule has 0 spiro atoms. The van der Waals surface area contributed by atoms with Gasteiger partial charge in [-0.15, -0.1) is 0 Å². The summed E-state index contributed by atoms with van der Waals surface area (Å²) in [4.78, 5) is 22.5. The first kappa shape index (κ1) is 17.0. The number of carboxylic acids is 1. The number of carbonyl (C=O) groups excluding carboxylic acids is 1. The first-order valence-electron chi connectivity index (χ1n) is 6.18. The molecule has 0 bridgehead atoms. The van der Waals surface area contributed by atoms with Crippen molar-refractivity contribution in [1.82, 2.24) is 5.32 Å². The van der Waals surface area contributed by atoms with Gasteiger partial charge in [0.15, 0.2) is 0 Å². The van der Waals surface area contributed by atoms with Crippen LogP contribution >= 0.6 is 0 Å². The Kier molecular flexibility index (Phi) is 4.98. The lowest BCUT2D eigenvalue weighted by atomic mass is 9.89. The van der Waals surface area contributed by atoms with E-state index in [9.17, 15) is 22.8 Å². The molecule has 7 heteroatoms. The maximum atomic E-state index is 12.5. The number of aliphatic carboxylic acids is 1. The highest BCUT2D eigenvalue weighted by molar-refractivity contribution is 5.84. The molecular weight excluding hydrogens is 287 g/mol. The largest absolute Gasteiger partial charge is 0.481 e. The van der Waals surface area contributed by atoms with Crippen LogP contribution in [0.25, 0.3) is 0 Å². The fourth-order valence-electron chi connectivity index (χ4n) is 1.60. The van der Waals surface area contributed by atoms with Crippen LogP contribution in [0.4, 0.5) is 13.2 Å². The zero-order valence-electron chi connectivity index (χ0n) is 11.6. The van der Waals surface area contributed by atoms with E-state index in [1.54, 1.807) is 0 Å². The SMILES string of the molecule is CC(C)(CC(=O)NCc1cccc(C(F)(F)F)c1)C(=O)O. The molecular formula is C14H16F3NO3. The molecule has 1 amide bonds. The second-order valence-corrected chi connectivity index (χ2v) is 5.34. The Morgan fingerprint density at radius 1 is 1.24 bits per heavy atom. The number of amides is 1. The molecule has 4 nitrogen and oxygen atoms in total. The molecule has 0 aliphatic heterocycles. The molecule has 0 aromatic heterocycles. The predicted molar refractivity (Wildman–Crippen MR) is 69.3 cm³/mol. The molecule has 1 rings (SSSR count). The van der Waals surface area contributed by atoms with Crippen LogP contribution in [0.15, 0.2) is 24.3 Å². The summed E-state index contributed by atoms with van der Waals surface area (Å²) in [5, 5.41) is 11.3. The third kappa shape index (κ3) is 5.09. The van der Waals surface area contributed by atoms with Gasteiger partial charge in [-0.3, -0.25) is 9.59 Å². The van der Waals surface area contributed by atoms with Crippen molar-refractivity contribution in [2.45, 2.75) is 33.0 Å². The quantitative estimate of drug-likeness (QED) is 0.879. The van der Waals surface area contributed by atoms with Gasteiger partial charge < -0.3 is 10.4 Å². The molecule has 116 valence electrons. The predicted octanol–water partition coefficient (Wildman–Crippen LogP) is 2.82. The van der Waals surface area contributed by atoms with Gasteiger partial charge in [0.2, 0.25) is 5.91 Å². The van der Waals surface area contributed by atoms with Crippen molar-refractivity contribution in [3.63, 3.8) is 0 Å². The smallest absolute Gasteiger partial charge is 0.416 e. The van der Waals surface area contributed by atoms with Crippen LogP contribution < -0.4 is 5.32 Å². The molecule has 0 atom stereocenters. The number of carboxylic acid groups (broad SMARTS) is 1. The normalized spacial score (nSPS) is 12.0. The third-order valence-electron chi connectivity index (χ3n) is 2.93. The molecule has 2 N–H and O–H groups in total. The fraction of sp³-hybridized carbons (Fsp3) is 0.429.